The lowest BCUT2D eigenvalue weighted by Gasteiger charge is -2.05. The highest BCUT2D eigenvalue weighted by atomic mass is 32.1. The number of phenols is 1. The molecule has 0 atom stereocenters. The second kappa shape index (κ2) is 6.91. The molecule has 0 saturated carbocycles. The van der Waals surface area contributed by atoms with E-state index in [4.69, 9.17) is 10.5 Å². The molecule has 1 aromatic heterocycles. The molecule has 1 aromatic carbocycles. The van der Waals surface area contributed by atoms with Crippen LogP contribution < -0.4 is 15.9 Å². The summed E-state index contributed by atoms with van der Waals surface area (Å²) in [5, 5.41) is 24.8. The number of nitro benzene ring substituents is 1. The molecule has 0 unspecified atom stereocenters. The summed E-state index contributed by atoms with van der Waals surface area (Å²) in [6.07, 6.45) is 1.07. The Balaban J connectivity index is 2.22. The van der Waals surface area contributed by atoms with Gasteiger partial charge in [-0.25, -0.2) is 10.4 Å². The van der Waals surface area contributed by atoms with Crippen molar-refractivity contribution in [1.29, 1.82) is 0 Å². The zero-order chi connectivity index (χ0) is 17.9. The monoisotopic (exact) mass is 351 g/mol. The fourth-order valence-corrected chi connectivity index (χ4v) is 2.54. The number of carbonyl (C=O) groups excluding carboxylic acids is 1. The van der Waals surface area contributed by atoms with Crippen molar-refractivity contribution in [3.05, 3.63) is 38.4 Å². The van der Waals surface area contributed by atoms with Crippen LogP contribution in [-0.4, -0.2) is 34.2 Å². The highest BCUT2D eigenvalue weighted by molar-refractivity contribution is 7.17. The molecule has 0 radical (unpaired) electrons. The van der Waals surface area contributed by atoms with Gasteiger partial charge in [-0.05, 0) is 6.92 Å². The Morgan fingerprint density at radius 2 is 2.29 bits per heavy atom. The Labute approximate surface area is 139 Å². The minimum atomic E-state index is -0.638. The number of rotatable bonds is 5. The van der Waals surface area contributed by atoms with Crippen LogP contribution in [0.15, 0.2) is 17.2 Å². The van der Waals surface area contributed by atoms with Crippen molar-refractivity contribution in [1.82, 2.24) is 10.4 Å². The summed E-state index contributed by atoms with van der Waals surface area (Å²) < 4.78 is 4.87. The van der Waals surface area contributed by atoms with E-state index in [1.165, 1.54) is 7.11 Å². The summed E-state index contributed by atoms with van der Waals surface area (Å²) in [5.74, 6) is -0.947. The Hall–Kier alpha value is -3.21. The van der Waals surface area contributed by atoms with E-state index in [9.17, 15) is 20.0 Å². The summed E-state index contributed by atoms with van der Waals surface area (Å²) >= 11 is 1.01. The molecule has 2 aromatic rings. The number of thiazole rings is 1. The SMILES string of the molecule is COc1cc([N+](=O)[O-])cc(/C=N\NC(=O)c2sc(N)nc2C)c1O. The quantitative estimate of drug-likeness (QED) is 0.418. The number of aromatic hydroxyl groups is 1. The number of nitrogen functional groups attached to an aromatic ring is 1. The van der Waals surface area contributed by atoms with Crippen LogP contribution in [0.2, 0.25) is 0 Å². The van der Waals surface area contributed by atoms with Gasteiger partial charge in [0.2, 0.25) is 0 Å². The summed E-state index contributed by atoms with van der Waals surface area (Å²) in [7, 11) is 1.26. The minimum absolute atomic E-state index is 0.0156. The van der Waals surface area contributed by atoms with Gasteiger partial charge >= 0.3 is 0 Å². The molecule has 0 bridgehead atoms. The number of ether oxygens (including phenoxy) is 1. The maximum Gasteiger partial charge on any atom is 0.283 e. The van der Waals surface area contributed by atoms with Gasteiger partial charge in [0.15, 0.2) is 16.6 Å². The molecular formula is C13H13N5O5S. The van der Waals surface area contributed by atoms with E-state index in [1.807, 2.05) is 0 Å². The van der Waals surface area contributed by atoms with Crippen LogP contribution in [0.25, 0.3) is 0 Å². The van der Waals surface area contributed by atoms with Gasteiger partial charge in [-0.2, -0.15) is 5.10 Å². The number of aromatic nitrogens is 1. The van der Waals surface area contributed by atoms with Gasteiger partial charge in [0, 0.05) is 11.6 Å². The van der Waals surface area contributed by atoms with E-state index < -0.39 is 10.8 Å². The van der Waals surface area contributed by atoms with Gasteiger partial charge in [0.1, 0.15) is 4.88 Å². The molecule has 0 aliphatic carbocycles. The molecule has 0 fully saturated rings. The van der Waals surface area contributed by atoms with Gasteiger partial charge in [-0.3, -0.25) is 14.9 Å². The minimum Gasteiger partial charge on any atom is -0.504 e. The van der Waals surface area contributed by atoms with Crippen molar-refractivity contribution in [2.24, 2.45) is 5.10 Å². The fourth-order valence-electron chi connectivity index (χ4n) is 1.81. The first-order chi connectivity index (χ1) is 11.3. The molecule has 0 saturated heterocycles. The summed E-state index contributed by atoms with van der Waals surface area (Å²) in [4.78, 5) is 26.4. The van der Waals surface area contributed by atoms with Crippen molar-refractivity contribution in [2.45, 2.75) is 6.92 Å². The zero-order valence-corrected chi connectivity index (χ0v) is 13.5. The summed E-state index contributed by atoms with van der Waals surface area (Å²) in [6, 6.07) is 2.18. The van der Waals surface area contributed by atoms with Crippen LogP contribution in [0.5, 0.6) is 11.5 Å². The molecule has 126 valence electrons. The molecule has 4 N–H and O–H groups in total. The van der Waals surface area contributed by atoms with Crippen LogP contribution >= 0.6 is 11.3 Å². The molecule has 11 heteroatoms. The number of nitrogens with zero attached hydrogens (tertiary/aromatic N) is 3. The predicted octanol–water partition coefficient (Wildman–Crippen LogP) is 1.42. The zero-order valence-electron chi connectivity index (χ0n) is 12.6. The lowest BCUT2D eigenvalue weighted by molar-refractivity contribution is -0.385. The van der Waals surface area contributed by atoms with Crippen molar-refractivity contribution in [2.75, 3.05) is 12.8 Å². The van der Waals surface area contributed by atoms with E-state index in [1.54, 1.807) is 6.92 Å². The second-order valence-electron chi connectivity index (χ2n) is 4.51. The van der Waals surface area contributed by atoms with Crippen molar-refractivity contribution >= 4 is 34.3 Å². The number of non-ortho nitro benzene ring substituents is 1. The molecule has 24 heavy (non-hydrogen) atoms. The maximum absolute atomic E-state index is 11.9. The number of hydrazone groups is 1. The third-order valence-electron chi connectivity index (χ3n) is 2.91. The average Bonchev–Trinajstić information content (AvgIpc) is 2.87. The van der Waals surface area contributed by atoms with Gasteiger partial charge in [0.25, 0.3) is 11.6 Å². The fraction of sp³-hybridized carbons (Fsp3) is 0.154. The normalized spacial score (nSPS) is 10.8. The first kappa shape index (κ1) is 17.1. The van der Waals surface area contributed by atoms with Crippen LogP contribution in [0.4, 0.5) is 10.8 Å². The van der Waals surface area contributed by atoms with E-state index in [0.29, 0.717) is 10.6 Å². The molecule has 0 aliphatic rings. The number of nitrogens with two attached hydrogens (primary N) is 1. The lowest BCUT2D eigenvalue weighted by Crippen LogP contribution is -2.17. The van der Waals surface area contributed by atoms with Gasteiger partial charge in [0.05, 0.1) is 30.0 Å². The Morgan fingerprint density at radius 3 is 2.83 bits per heavy atom. The second-order valence-corrected chi connectivity index (χ2v) is 5.54. The number of benzene rings is 1. The molecular weight excluding hydrogens is 338 g/mol. The largest absolute Gasteiger partial charge is 0.504 e. The molecule has 1 heterocycles. The summed E-state index contributed by atoms with van der Waals surface area (Å²) in [6.45, 7) is 1.63. The van der Waals surface area contributed by atoms with Crippen LogP contribution in [0.1, 0.15) is 20.9 Å². The van der Waals surface area contributed by atoms with Crippen LogP contribution in [-0.2, 0) is 0 Å². The van der Waals surface area contributed by atoms with Gasteiger partial charge < -0.3 is 15.6 Å². The highest BCUT2D eigenvalue weighted by Crippen LogP contribution is 2.33. The third-order valence-corrected chi connectivity index (χ3v) is 3.89. The number of nitrogens with one attached hydrogen (secondary N) is 1. The Bertz CT molecular complexity index is 832. The highest BCUT2D eigenvalue weighted by Gasteiger charge is 2.16. The lowest BCUT2D eigenvalue weighted by atomic mass is 10.2. The number of anilines is 1. The molecule has 2 rings (SSSR count). The van der Waals surface area contributed by atoms with E-state index in [2.05, 4.69) is 15.5 Å². The van der Waals surface area contributed by atoms with E-state index in [0.717, 1.165) is 29.7 Å². The third kappa shape index (κ3) is 3.57. The van der Waals surface area contributed by atoms with Crippen molar-refractivity contribution in [3.8, 4) is 11.5 Å². The van der Waals surface area contributed by atoms with E-state index >= 15 is 0 Å². The molecule has 0 spiro atoms. The van der Waals surface area contributed by atoms with E-state index in [-0.39, 0.29) is 27.9 Å². The van der Waals surface area contributed by atoms with Crippen LogP contribution in [0.3, 0.4) is 0 Å². The smallest absolute Gasteiger partial charge is 0.283 e. The summed E-state index contributed by atoms with van der Waals surface area (Å²) in [5.41, 5.74) is 7.94. The Kier molecular flexibility index (Phi) is 4.94. The van der Waals surface area contributed by atoms with Crippen molar-refractivity contribution < 1.29 is 19.6 Å². The number of aryl methyl sites for hydroxylation is 1. The van der Waals surface area contributed by atoms with Gasteiger partial charge in [-0.1, -0.05) is 11.3 Å². The number of amides is 1. The topological polar surface area (TPSA) is 153 Å². The number of carbonyl (C=O) groups is 1. The number of nitro groups is 1. The first-order valence-electron chi connectivity index (χ1n) is 6.45. The number of phenolic OH excluding ortho intramolecular Hbond substituents is 1. The maximum atomic E-state index is 11.9. The van der Waals surface area contributed by atoms with Crippen LogP contribution in [0, 0.1) is 17.0 Å². The molecule has 0 aliphatic heterocycles. The number of hydrogen-bond acceptors (Lipinski definition) is 9. The number of methoxy groups -OCH3 is 1. The molecule has 1 amide bonds. The predicted molar refractivity (Wildman–Crippen MR) is 87.6 cm³/mol. The number of hydrogen-bond donors (Lipinski definition) is 3. The van der Waals surface area contributed by atoms with Gasteiger partial charge in [-0.15, -0.1) is 0 Å². The Morgan fingerprint density at radius 1 is 1.58 bits per heavy atom. The average molecular weight is 351 g/mol. The molecule has 10 nitrogen and oxygen atoms in total. The standard InChI is InChI=1S/C13H13N5O5S/c1-6-11(24-13(14)16-6)12(20)17-15-5-7-3-8(18(21)22)4-9(23-2)10(7)19/h3-5,19H,1-2H3,(H2,14,16)(H,17,20)/b15-5-. The van der Waals surface area contributed by atoms with Crippen molar-refractivity contribution in [3.63, 3.8) is 0 Å². The first-order valence-corrected chi connectivity index (χ1v) is 7.26.